The second-order valence-electron chi connectivity index (χ2n) is 9.69. The van der Waals surface area contributed by atoms with E-state index in [1.807, 2.05) is 51.1 Å². The Balaban J connectivity index is 1.24. The number of carbonyl (C=O) groups excluding carboxylic acids is 3. The van der Waals surface area contributed by atoms with Crippen LogP contribution in [0.15, 0.2) is 30.3 Å². The molecule has 4 amide bonds. The Bertz CT molecular complexity index is 873. The number of fused-ring (bicyclic) bond motifs is 2. The van der Waals surface area contributed by atoms with E-state index in [4.69, 9.17) is 14.4 Å². The summed E-state index contributed by atoms with van der Waals surface area (Å²) in [7, 11) is 0. The van der Waals surface area contributed by atoms with Gasteiger partial charge in [-0.05, 0) is 45.6 Å². The first-order valence-electron chi connectivity index (χ1n) is 11.4. The number of urea groups is 1. The average Bonchev–Trinajstić information content (AvgIpc) is 3.34. The molecule has 10 heteroatoms. The van der Waals surface area contributed by atoms with Crippen molar-refractivity contribution in [2.75, 3.05) is 19.6 Å². The predicted molar refractivity (Wildman–Crippen MR) is 117 cm³/mol. The molecule has 0 saturated carbocycles. The van der Waals surface area contributed by atoms with Gasteiger partial charge in [-0.25, -0.2) is 15.1 Å². The first kappa shape index (κ1) is 23.3. The van der Waals surface area contributed by atoms with Gasteiger partial charge in [-0.15, -0.1) is 0 Å². The van der Waals surface area contributed by atoms with Gasteiger partial charge in [-0.3, -0.25) is 14.5 Å². The van der Waals surface area contributed by atoms with Crippen molar-refractivity contribution in [3.05, 3.63) is 35.9 Å². The minimum absolute atomic E-state index is 0.0663. The molecule has 2 bridgehead atoms. The maximum atomic E-state index is 12.9. The molecule has 3 atom stereocenters. The quantitative estimate of drug-likeness (QED) is 0.655. The van der Waals surface area contributed by atoms with Gasteiger partial charge in [0, 0.05) is 13.1 Å². The minimum atomic E-state index is -0.609. The van der Waals surface area contributed by atoms with E-state index in [1.165, 1.54) is 5.06 Å². The predicted octanol–water partition coefficient (Wildman–Crippen LogP) is 2.44. The molecule has 0 spiro atoms. The number of ether oxygens (including phenoxy) is 1. The highest BCUT2D eigenvalue weighted by Crippen LogP contribution is 2.30. The molecule has 0 unspecified atom stereocenters. The number of benzene rings is 1. The van der Waals surface area contributed by atoms with Crippen molar-refractivity contribution < 1.29 is 28.8 Å². The van der Waals surface area contributed by atoms with Crippen molar-refractivity contribution in [3.8, 4) is 0 Å². The standard InChI is InChI=1S/C23H32N4O6/c1-23(2,3)32-22(30)25-12-11-18(14-25)33-24-20(28)19-10-9-17-13-26(19)21(29)27(17)31-15-16-7-5-4-6-8-16/h4-8,17-19H,9-15H2,1-3H3,(H,24,28)/t17-,18-,19+/m1/s1. The molecule has 0 aliphatic carbocycles. The molecule has 33 heavy (non-hydrogen) atoms. The van der Waals surface area contributed by atoms with Gasteiger partial charge in [0.2, 0.25) is 0 Å². The van der Waals surface area contributed by atoms with E-state index in [0.717, 1.165) is 5.56 Å². The number of likely N-dealkylation sites (tertiary alicyclic amines) is 1. The van der Waals surface area contributed by atoms with Crippen molar-refractivity contribution in [2.45, 2.75) is 70.4 Å². The van der Waals surface area contributed by atoms with Crippen molar-refractivity contribution >= 4 is 18.0 Å². The Hall–Kier alpha value is -2.85. The Labute approximate surface area is 193 Å². The topological polar surface area (TPSA) is 101 Å². The summed E-state index contributed by atoms with van der Waals surface area (Å²) in [5, 5.41) is 1.40. The highest BCUT2D eigenvalue weighted by atomic mass is 16.7. The molecular weight excluding hydrogens is 428 g/mol. The molecule has 180 valence electrons. The van der Waals surface area contributed by atoms with Gasteiger partial charge in [0.25, 0.3) is 5.91 Å². The summed E-state index contributed by atoms with van der Waals surface area (Å²) >= 11 is 0. The Morgan fingerprint density at radius 2 is 1.85 bits per heavy atom. The minimum Gasteiger partial charge on any atom is -0.444 e. The largest absolute Gasteiger partial charge is 0.444 e. The fraction of sp³-hybridized carbons (Fsp3) is 0.609. The second-order valence-corrected chi connectivity index (χ2v) is 9.69. The SMILES string of the molecule is CC(C)(C)OC(=O)N1CC[C@@H](ONC(=O)[C@@H]2CC[C@@H]3CN2C(=O)N3OCc2ccccc2)C1. The van der Waals surface area contributed by atoms with Crippen LogP contribution in [0.1, 0.15) is 45.6 Å². The Kier molecular flexibility index (Phi) is 6.76. The fourth-order valence-corrected chi connectivity index (χ4v) is 4.31. The summed E-state index contributed by atoms with van der Waals surface area (Å²) in [5.74, 6) is -0.359. The monoisotopic (exact) mass is 460 g/mol. The lowest BCUT2D eigenvalue weighted by atomic mass is 10.0. The highest BCUT2D eigenvalue weighted by Gasteiger charge is 2.48. The van der Waals surface area contributed by atoms with Crippen molar-refractivity contribution in [2.24, 2.45) is 0 Å². The molecule has 3 saturated heterocycles. The molecule has 1 aromatic rings. The van der Waals surface area contributed by atoms with Gasteiger partial charge in [0.15, 0.2) is 0 Å². The third-order valence-electron chi connectivity index (χ3n) is 5.96. The number of piperidine rings is 1. The average molecular weight is 461 g/mol. The lowest BCUT2D eigenvalue weighted by molar-refractivity contribution is -0.143. The van der Waals surface area contributed by atoms with E-state index >= 15 is 0 Å². The summed E-state index contributed by atoms with van der Waals surface area (Å²) in [6, 6.07) is 8.67. The molecule has 3 aliphatic heterocycles. The molecule has 4 rings (SSSR count). The maximum Gasteiger partial charge on any atom is 0.410 e. The van der Waals surface area contributed by atoms with E-state index in [1.54, 1.807) is 9.80 Å². The zero-order chi connectivity index (χ0) is 23.6. The van der Waals surface area contributed by atoms with Crippen LogP contribution < -0.4 is 5.48 Å². The van der Waals surface area contributed by atoms with Crippen LogP contribution in [0.25, 0.3) is 0 Å². The molecular formula is C23H32N4O6. The maximum absolute atomic E-state index is 12.9. The van der Waals surface area contributed by atoms with E-state index < -0.39 is 17.7 Å². The van der Waals surface area contributed by atoms with Crippen LogP contribution in [0.5, 0.6) is 0 Å². The van der Waals surface area contributed by atoms with Gasteiger partial charge < -0.3 is 14.5 Å². The van der Waals surface area contributed by atoms with Crippen LogP contribution in [0.4, 0.5) is 9.59 Å². The van der Waals surface area contributed by atoms with Gasteiger partial charge in [-0.1, -0.05) is 30.3 Å². The first-order chi connectivity index (χ1) is 15.7. The molecule has 3 aliphatic rings. The molecule has 1 aromatic carbocycles. The lowest BCUT2D eigenvalue weighted by Gasteiger charge is -2.29. The van der Waals surface area contributed by atoms with Gasteiger partial charge >= 0.3 is 12.1 Å². The third kappa shape index (κ3) is 5.56. The molecule has 3 fully saturated rings. The van der Waals surface area contributed by atoms with Gasteiger partial charge in [0.05, 0.1) is 12.6 Å². The Morgan fingerprint density at radius 1 is 1.09 bits per heavy atom. The van der Waals surface area contributed by atoms with E-state index in [0.29, 0.717) is 45.5 Å². The van der Waals surface area contributed by atoms with Crippen LogP contribution in [0, 0.1) is 0 Å². The Morgan fingerprint density at radius 3 is 2.58 bits per heavy atom. The summed E-state index contributed by atoms with van der Waals surface area (Å²) in [4.78, 5) is 52.3. The van der Waals surface area contributed by atoms with E-state index in [9.17, 15) is 14.4 Å². The zero-order valence-electron chi connectivity index (χ0n) is 19.4. The number of rotatable bonds is 6. The molecule has 0 radical (unpaired) electrons. The van der Waals surface area contributed by atoms with Crippen molar-refractivity contribution in [1.82, 2.24) is 20.3 Å². The summed E-state index contributed by atoms with van der Waals surface area (Å²) in [6.45, 7) is 7.03. The van der Waals surface area contributed by atoms with Crippen LogP contribution in [0.3, 0.4) is 0 Å². The van der Waals surface area contributed by atoms with Crippen molar-refractivity contribution in [3.63, 3.8) is 0 Å². The summed E-state index contributed by atoms with van der Waals surface area (Å²) < 4.78 is 5.38. The van der Waals surface area contributed by atoms with Crippen LogP contribution in [-0.4, -0.2) is 76.3 Å². The van der Waals surface area contributed by atoms with Gasteiger partial charge in [-0.2, -0.15) is 5.06 Å². The van der Waals surface area contributed by atoms with Crippen LogP contribution >= 0.6 is 0 Å². The molecule has 3 heterocycles. The van der Waals surface area contributed by atoms with E-state index in [-0.39, 0.29) is 24.1 Å². The van der Waals surface area contributed by atoms with Crippen LogP contribution in [0.2, 0.25) is 0 Å². The molecule has 0 aromatic heterocycles. The normalized spacial score (nSPS) is 24.9. The summed E-state index contributed by atoms with van der Waals surface area (Å²) in [6.07, 6.45) is 1.08. The number of amides is 4. The smallest absolute Gasteiger partial charge is 0.410 e. The fourth-order valence-electron chi connectivity index (χ4n) is 4.31. The number of hydrogen-bond donors (Lipinski definition) is 1. The molecule has 10 nitrogen and oxygen atoms in total. The van der Waals surface area contributed by atoms with E-state index in [2.05, 4.69) is 5.48 Å². The number of carbonyl (C=O) groups is 3. The van der Waals surface area contributed by atoms with Crippen LogP contribution in [-0.2, 0) is 25.8 Å². The number of hydrogen-bond acceptors (Lipinski definition) is 6. The third-order valence-corrected chi connectivity index (χ3v) is 5.96. The lowest BCUT2D eigenvalue weighted by Crippen LogP contribution is -2.50. The van der Waals surface area contributed by atoms with Crippen molar-refractivity contribution in [1.29, 1.82) is 0 Å². The van der Waals surface area contributed by atoms with Gasteiger partial charge in [0.1, 0.15) is 24.4 Å². The number of nitrogens with one attached hydrogen (secondary N) is 1. The molecule has 1 N–H and O–H groups in total. The first-order valence-corrected chi connectivity index (χ1v) is 11.4. The summed E-state index contributed by atoms with van der Waals surface area (Å²) in [5.41, 5.74) is 2.92. The number of hydroxylamine groups is 3. The second kappa shape index (κ2) is 9.56. The zero-order valence-corrected chi connectivity index (χ0v) is 19.4. The number of nitrogens with zero attached hydrogens (tertiary/aromatic N) is 3. The highest BCUT2D eigenvalue weighted by molar-refractivity contribution is 5.88.